The summed E-state index contributed by atoms with van der Waals surface area (Å²) in [6.45, 7) is 2.23. The summed E-state index contributed by atoms with van der Waals surface area (Å²) in [5.74, 6) is 0.813. The molecule has 3 rings (SSSR count). The van der Waals surface area contributed by atoms with Crippen molar-refractivity contribution in [2.45, 2.75) is 31.8 Å². The lowest BCUT2D eigenvalue weighted by Crippen LogP contribution is -2.25. The summed E-state index contributed by atoms with van der Waals surface area (Å²) in [6.07, 6.45) is 2.70. The van der Waals surface area contributed by atoms with Crippen molar-refractivity contribution >= 4 is 22.9 Å². The van der Waals surface area contributed by atoms with Gasteiger partial charge in [-0.3, -0.25) is 0 Å². The number of hydrogen-bond acceptors (Lipinski definition) is 2. The molecule has 0 bridgehead atoms. The molecule has 1 aliphatic carbocycles. The second-order valence-electron chi connectivity index (χ2n) is 5.27. The van der Waals surface area contributed by atoms with Crippen LogP contribution in [-0.2, 0) is 0 Å². The standard InChI is InChI=1S/C16H18ClNS/c1-11(12-6-8-14(17)9-7-12)18-16(13-4-5-13)15-3-2-10-19-15/h2-3,6-11,13,16,18H,4-5H2,1H3/t11-,16?/m0/s1. The summed E-state index contributed by atoms with van der Waals surface area (Å²) < 4.78 is 0. The van der Waals surface area contributed by atoms with Gasteiger partial charge in [0.2, 0.25) is 0 Å². The molecule has 1 unspecified atom stereocenters. The van der Waals surface area contributed by atoms with Gasteiger partial charge in [0.05, 0.1) is 0 Å². The van der Waals surface area contributed by atoms with Gasteiger partial charge in [-0.25, -0.2) is 0 Å². The second kappa shape index (κ2) is 5.66. The Morgan fingerprint density at radius 2 is 1.95 bits per heavy atom. The number of thiophene rings is 1. The third-order valence-corrected chi connectivity index (χ3v) is 4.95. The van der Waals surface area contributed by atoms with E-state index in [0.717, 1.165) is 10.9 Å². The summed E-state index contributed by atoms with van der Waals surface area (Å²) in [5, 5.41) is 6.75. The van der Waals surface area contributed by atoms with E-state index in [9.17, 15) is 0 Å². The Kier molecular flexibility index (Phi) is 3.92. The third-order valence-electron chi connectivity index (χ3n) is 3.74. The van der Waals surface area contributed by atoms with Crippen molar-refractivity contribution in [1.82, 2.24) is 5.32 Å². The number of hydrogen-bond donors (Lipinski definition) is 1. The first-order valence-corrected chi connectivity index (χ1v) is 8.05. The molecular weight excluding hydrogens is 274 g/mol. The van der Waals surface area contributed by atoms with Crippen LogP contribution in [0, 0.1) is 5.92 Å². The number of halogens is 1. The maximum Gasteiger partial charge on any atom is 0.0448 e. The quantitative estimate of drug-likeness (QED) is 0.798. The molecule has 3 heteroatoms. The molecule has 1 saturated carbocycles. The van der Waals surface area contributed by atoms with Crippen molar-refractivity contribution in [3.63, 3.8) is 0 Å². The first-order chi connectivity index (χ1) is 9.24. The smallest absolute Gasteiger partial charge is 0.0448 e. The van der Waals surface area contributed by atoms with Crippen LogP contribution < -0.4 is 5.32 Å². The molecular formula is C16H18ClNS. The van der Waals surface area contributed by atoms with E-state index < -0.39 is 0 Å². The van der Waals surface area contributed by atoms with Gasteiger partial charge in [-0.05, 0) is 54.8 Å². The lowest BCUT2D eigenvalue weighted by atomic mass is 10.0. The Bertz CT molecular complexity index is 516. The van der Waals surface area contributed by atoms with Gasteiger partial charge in [0.15, 0.2) is 0 Å². The Morgan fingerprint density at radius 3 is 2.53 bits per heavy atom. The topological polar surface area (TPSA) is 12.0 Å². The van der Waals surface area contributed by atoms with Gasteiger partial charge < -0.3 is 5.32 Å². The summed E-state index contributed by atoms with van der Waals surface area (Å²) in [4.78, 5) is 1.46. The maximum atomic E-state index is 5.95. The molecule has 2 aromatic rings. The van der Waals surface area contributed by atoms with Crippen LogP contribution in [0.25, 0.3) is 0 Å². The van der Waals surface area contributed by atoms with Gasteiger partial charge in [0.1, 0.15) is 0 Å². The van der Waals surface area contributed by atoms with Crippen LogP contribution in [0.5, 0.6) is 0 Å². The van der Waals surface area contributed by atoms with Crippen molar-refractivity contribution in [1.29, 1.82) is 0 Å². The van der Waals surface area contributed by atoms with Gasteiger partial charge >= 0.3 is 0 Å². The van der Waals surface area contributed by atoms with Crippen molar-refractivity contribution in [2.75, 3.05) is 0 Å². The number of benzene rings is 1. The summed E-state index contributed by atoms with van der Waals surface area (Å²) >= 11 is 7.80. The SMILES string of the molecule is C[C@H](NC(c1cccs1)C1CC1)c1ccc(Cl)cc1. The summed E-state index contributed by atoms with van der Waals surface area (Å²) in [6, 6.07) is 13.4. The van der Waals surface area contributed by atoms with E-state index in [1.165, 1.54) is 23.3 Å². The highest BCUT2D eigenvalue weighted by Crippen LogP contribution is 2.43. The highest BCUT2D eigenvalue weighted by Gasteiger charge is 2.33. The average Bonchev–Trinajstić information content (AvgIpc) is 3.11. The largest absolute Gasteiger partial charge is 0.302 e. The fourth-order valence-corrected chi connectivity index (χ4v) is 3.47. The molecule has 0 spiro atoms. The van der Waals surface area contributed by atoms with Gasteiger partial charge in [0, 0.05) is 22.0 Å². The van der Waals surface area contributed by atoms with Gasteiger partial charge in [-0.15, -0.1) is 11.3 Å². The predicted molar refractivity (Wildman–Crippen MR) is 82.8 cm³/mol. The highest BCUT2D eigenvalue weighted by molar-refractivity contribution is 7.10. The average molecular weight is 292 g/mol. The Balaban J connectivity index is 1.73. The van der Waals surface area contributed by atoms with Crippen LogP contribution in [0.3, 0.4) is 0 Å². The van der Waals surface area contributed by atoms with E-state index in [1.54, 1.807) is 0 Å². The Labute approximate surface area is 123 Å². The second-order valence-corrected chi connectivity index (χ2v) is 6.69. The molecule has 1 fully saturated rings. The van der Waals surface area contributed by atoms with Crippen LogP contribution in [0.15, 0.2) is 41.8 Å². The zero-order chi connectivity index (χ0) is 13.2. The summed E-state index contributed by atoms with van der Waals surface area (Å²) in [7, 11) is 0. The molecule has 1 aromatic carbocycles. The molecule has 1 aromatic heterocycles. The molecule has 0 amide bonds. The number of nitrogens with one attached hydrogen (secondary N) is 1. The molecule has 0 saturated heterocycles. The molecule has 1 aliphatic rings. The molecule has 0 aliphatic heterocycles. The van der Waals surface area contributed by atoms with E-state index in [1.807, 2.05) is 23.5 Å². The van der Waals surface area contributed by atoms with E-state index in [-0.39, 0.29) is 0 Å². The monoisotopic (exact) mass is 291 g/mol. The van der Waals surface area contributed by atoms with Crippen molar-refractivity contribution < 1.29 is 0 Å². The Hall–Kier alpha value is -0.830. The van der Waals surface area contributed by atoms with Crippen LogP contribution >= 0.6 is 22.9 Å². The van der Waals surface area contributed by atoms with Gasteiger partial charge in [0.25, 0.3) is 0 Å². The third kappa shape index (κ3) is 3.19. The zero-order valence-corrected chi connectivity index (χ0v) is 12.5. The first kappa shape index (κ1) is 13.2. The van der Waals surface area contributed by atoms with E-state index >= 15 is 0 Å². The lowest BCUT2D eigenvalue weighted by Gasteiger charge is -2.23. The van der Waals surface area contributed by atoms with Crippen LogP contribution in [-0.4, -0.2) is 0 Å². The molecule has 1 N–H and O–H groups in total. The normalized spacial score (nSPS) is 18.2. The van der Waals surface area contributed by atoms with Gasteiger partial charge in [-0.1, -0.05) is 29.8 Å². The maximum absolute atomic E-state index is 5.95. The van der Waals surface area contributed by atoms with Crippen LogP contribution in [0.1, 0.15) is 42.3 Å². The van der Waals surface area contributed by atoms with Crippen molar-refractivity contribution in [2.24, 2.45) is 5.92 Å². The molecule has 19 heavy (non-hydrogen) atoms. The Morgan fingerprint density at radius 1 is 1.21 bits per heavy atom. The lowest BCUT2D eigenvalue weighted by molar-refractivity contribution is 0.433. The molecule has 2 atom stereocenters. The fourth-order valence-electron chi connectivity index (χ4n) is 2.47. The first-order valence-electron chi connectivity index (χ1n) is 6.79. The van der Waals surface area contributed by atoms with E-state index in [4.69, 9.17) is 11.6 Å². The highest BCUT2D eigenvalue weighted by atomic mass is 35.5. The molecule has 100 valence electrons. The predicted octanol–water partition coefficient (Wildman–Crippen LogP) is 5.20. The van der Waals surface area contributed by atoms with Crippen molar-refractivity contribution in [3.8, 4) is 0 Å². The summed E-state index contributed by atoms with van der Waals surface area (Å²) in [5.41, 5.74) is 1.30. The minimum absolute atomic E-state index is 0.352. The molecule has 0 radical (unpaired) electrons. The van der Waals surface area contributed by atoms with Crippen molar-refractivity contribution in [3.05, 3.63) is 57.2 Å². The fraction of sp³-hybridized carbons (Fsp3) is 0.375. The van der Waals surface area contributed by atoms with E-state index in [0.29, 0.717) is 12.1 Å². The van der Waals surface area contributed by atoms with E-state index in [2.05, 4.69) is 41.9 Å². The van der Waals surface area contributed by atoms with Gasteiger partial charge in [-0.2, -0.15) is 0 Å². The molecule has 1 nitrogen and oxygen atoms in total. The van der Waals surface area contributed by atoms with Crippen LogP contribution in [0.2, 0.25) is 5.02 Å². The van der Waals surface area contributed by atoms with Crippen LogP contribution in [0.4, 0.5) is 0 Å². The zero-order valence-electron chi connectivity index (χ0n) is 11.0. The molecule has 1 heterocycles. The minimum atomic E-state index is 0.352. The number of rotatable bonds is 5. The minimum Gasteiger partial charge on any atom is -0.302 e.